The van der Waals surface area contributed by atoms with Crippen LogP contribution in [0.2, 0.25) is 0 Å². The summed E-state index contributed by atoms with van der Waals surface area (Å²) in [4.78, 5) is 2.01. The van der Waals surface area contributed by atoms with Gasteiger partial charge in [-0.3, -0.25) is 0 Å². The molecule has 0 amide bonds. The van der Waals surface area contributed by atoms with Crippen molar-refractivity contribution in [2.75, 3.05) is 18.5 Å². The Morgan fingerprint density at radius 3 is 2.35 bits per heavy atom. The zero-order valence-corrected chi connectivity index (χ0v) is 12.0. The minimum absolute atomic E-state index is 0.601. The molecule has 0 spiro atoms. The summed E-state index contributed by atoms with van der Waals surface area (Å²) >= 11 is 5.35. The molecule has 1 rings (SSSR count). The van der Waals surface area contributed by atoms with E-state index < -0.39 is 0 Å². The van der Waals surface area contributed by atoms with E-state index in [1.54, 1.807) is 0 Å². The van der Waals surface area contributed by atoms with Gasteiger partial charge in [0.1, 0.15) is 0 Å². The number of benzene rings is 1. The Morgan fingerprint density at radius 1 is 1.29 bits per heavy atom. The van der Waals surface area contributed by atoms with Crippen LogP contribution >= 0.6 is 12.2 Å². The molecule has 1 N–H and O–H groups in total. The molecular weight excluding hydrogens is 228 g/mol. The summed E-state index contributed by atoms with van der Waals surface area (Å²) in [6.45, 7) is 7.42. The van der Waals surface area contributed by atoms with E-state index in [-0.39, 0.29) is 0 Å². The first-order valence-electron chi connectivity index (χ1n) is 6.15. The van der Waals surface area contributed by atoms with Gasteiger partial charge in [0.2, 0.25) is 0 Å². The number of nitrogens with zero attached hydrogens (tertiary/aromatic N) is 1. The average molecular weight is 250 g/mol. The van der Waals surface area contributed by atoms with Crippen LogP contribution in [-0.4, -0.2) is 18.7 Å². The van der Waals surface area contributed by atoms with E-state index in [0.29, 0.717) is 5.92 Å². The maximum Gasteiger partial charge on any atom is 0.173 e. The standard InChI is InChI=1S/C14H22N2S/c1-5-12-6-8-13(9-7-12)16(4)14(17)15-10-11(2)3/h6-9,11H,5,10H2,1-4H3,(H,15,17). The van der Waals surface area contributed by atoms with Gasteiger partial charge >= 0.3 is 0 Å². The third-order valence-corrected chi connectivity index (χ3v) is 3.12. The van der Waals surface area contributed by atoms with E-state index >= 15 is 0 Å². The first-order valence-corrected chi connectivity index (χ1v) is 6.56. The highest BCUT2D eigenvalue weighted by molar-refractivity contribution is 7.80. The molecular formula is C14H22N2S. The molecule has 1 aromatic rings. The van der Waals surface area contributed by atoms with Crippen LogP contribution in [-0.2, 0) is 6.42 Å². The quantitative estimate of drug-likeness (QED) is 0.826. The molecule has 3 heteroatoms. The molecule has 0 radical (unpaired) electrons. The molecule has 94 valence electrons. The third kappa shape index (κ3) is 4.35. The fourth-order valence-corrected chi connectivity index (χ4v) is 1.67. The predicted octanol–water partition coefficient (Wildman–Crippen LogP) is 3.22. The lowest BCUT2D eigenvalue weighted by Gasteiger charge is -2.22. The van der Waals surface area contributed by atoms with Crippen molar-refractivity contribution in [1.29, 1.82) is 0 Å². The van der Waals surface area contributed by atoms with E-state index in [9.17, 15) is 0 Å². The first-order chi connectivity index (χ1) is 8.04. The lowest BCUT2D eigenvalue weighted by atomic mass is 10.1. The van der Waals surface area contributed by atoms with Crippen molar-refractivity contribution in [3.05, 3.63) is 29.8 Å². The lowest BCUT2D eigenvalue weighted by molar-refractivity contribution is 0.625. The van der Waals surface area contributed by atoms with Gasteiger partial charge in [-0.2, -0.15) is 0 Å². The fourth-order valence-electron chi connectivity index (χ4n) is 1.48. The molecule has 0 aliphatic rings. The van der Waals surface area contributed by atoms with Gasteiger partial charge in [-0.15, -0.1) is 0 Å². The highest BCUT2D eigenvalue weighted by Crippen LogP contribution is 2.14. The molecule has 0 saturated heterocycles. The van der Waals surface area contributed by atoms with Gasteiger partial charge in [0, 0.05) is 19.3 Å². The van der Waals surface area contributed by atoms with E-state index in [2.05, 4.69) is 50.4 Å². The second-order valence-corrected chi connectivity index (χ2v) is 5.05. The number of anilines is 1. The van der Waals surface area contributed by atoms with E-state index in [1.165, 1.54) is 5.56 Å². The van der Waals surface area contributed by atoms with Crippen molar-refractivity contribution < 1.29 is 0 Å². The van der Waals surface area contributed by atoms with Gasteiger partial charge in [0.05, 0.1) is 0 Å². The van der Waals surface area contributed by atoms with E-state index in [1.807, 2.05) is 11.9 Å². The molecule has 0 bridgehead atoms. The van der Waals surface area contributed by atoms with Gasteiger partial charge in [0.15, 0.2) is 5.11 Å². The van der Waals surface area contributed by atoms with Crippen LogP contribution in [0.5, 0.6) is 0 Å². The number of hydrogen-bond acceptors (Lipinski definition) is 1. The summed E-state index contributed by atoms with van der Waals surface area (Å²) in [6.07, 6.45) is 1.07. The van der Waals surface area contributed by atoms with Crippen molar-refractivity contribution in [2.45, 2.75) is 27.2 Å². The van der Waals surface area contributed by atoms with Crippen molar-refractivity contribution in [2.24, 2.45) is 5.92 Å². The minimum atomic E-state index is 0.601. The summed E-state index contributed by atoms with van der Waals surface area (Å²) < 4.78 is 0. The SMILES string of the molecule is CCc1ccc(N(C)C(=S)NCC(C)C)cc1. The Bertz CT molecular complexity index is 357. The molecule has 17 heavy (non-hydrogen) atoms. The molecule has 2 nitrogen and oxygen atoms in total. The third-order valence-electron chi connectivity index (χ3n) is 2.70. The van der Waals surface area contributed by atoms with Gasteiger partial charge in [-0.1, -0.05) is 32.9 Å². The van der Waals surface area contributed by atoms with Crippen LogP contribution in [0.1, 0.15) is 26.3 Å². The smallest absolute Gasteiger partial charge is 0.173 e. The van der Waals surface area contributed by atoms with Gasteiger partial charge < -0.3 is 10.2 Å². The monoisotopic (exact) mass is 250 g/mol. The lowest BCUT2D eigenvalue weighted by Crippen LogP contribution is -2.38. The number of nitrogens with one attached hydrogen (secondary N) is 1. The molecule has 1 aromatic carbocycles. The summed E-state index contributed by atoms with van der Waals surface area (Å²) in [5.74, 6) is 0.601. The Morgan fingerprint density at radius 2 is 1.88 bits per heavy atom. The van der Waals surface area contributed by atoms with Gasteiger partial charge in [-0.25, -0.2) is 0 Å². The van der Waals surface area contributed by atoms with Crippen LogP contribution in [0.3, 0.4) is 0 Å². The summed E-state index contributed by atoms with van der Waals surface area (Å²) in [7, 11) is 2.00. The summed E-state index contributed by atoms with van der Waals surface area (Å²) in [5, 5.41) is 4.05. The van der Waals surface area contributed by atoms with Crippen LogP contribution in [0.25, 0.3) is 0 Å². The van der Waals surface area contributed by atoms with Gasteiger partial charge in [0.25, 0.3) is 0 Å². The second-order valence-electron chi connectivity index (χ2n) is 4.66. The maximum atomic E-state index is 5.35. The predicted molar refractivity (Wildman–Crippen MR) is 79.7 cm³/mol. The number of rotatable bonds is 4. The average Bonchev–Trinajstić information content (AvgIpc) is 2.35. The van der Waals surface area contributed by atoms with Crippen molar-refractivity contribution >= 4 is 23.0 Å². The van der Waals surface area contributed by atoms with Crippen molar-refractivity contribution in [3.8, 4) is 0 Å². The van der Waals surface area contributed by atoms with Crippen LogP contribution in [0.4, 0.5) is 5.69 Å². The van der Waals surface area contributed by atoms with Crippen molar-refractivity contribution in [3.63, 3.8) is 0 Å². The maximum absolute atomic E-state index is 5.35. The van der Waals surface area contributed by atoms with E-state index in [0.717, 1.165) is 23.8 Å². The number of hydrogen-bond donors (Lipinski definition) is 1. The fraction of sp³-hybridized carbons (Fsp3) is 0.500. The van der Waals surface area contributed by atoms with Crippen LogP contribution in [0, 0.1) is 5.92 Å². The first kappa shape index (κ1) is 14.0. The highest BCUT2D eigenvalue weighted by atomic mass is 32.1. The minimum Gasteiger partial charge on any atom is -0.362 e. The summed E-state index contributed by atoms with van der Waals surface area (Å²) in [5.41, 5.74) is 2.48. The largest absolute Gasteiger partial charge is 0.362 e. The molecule has 0 fully saturated rings. The zero-order chi connectivity index (χ0) is 12.8. The Labute approximate surface area is 110 Å². The summed E-state index contributed by atoms with van der Waals surface area (Å²) in [6, 6.07) is 8.53. The molecule has 0 heterocycles. The molecule has 0 atom stereocenters. The zero-order valence-electron chi connectivity index (χ0n) is 11.2. The second kappa shape index (κ2) is 6.60. The van der Waals surface area contributed by atoms with Crippen molar-refractivity contribution in [1.82, 2.24) is 5.32 Å². The number of thiocarbonyl (C=S) groups is 1. The molecule has 0 unspecified atom stereocenters. The number of aryl methyl sites for hydroxylation is 1. The molecule has 0 aliphatic heterocycles. The Kier molecular flexibility index (Phi) is 5.42. The topological polar surface area (TPSA) is 15.3 Å². The Balaban J connectivity index is 2.61. The molecule has 0 aromatic heterocycles. The van der Waals surface area contributed by atoms with E-state index in [4.69, 9.17) is 12.2 Å². The van der Waals surface area contributed by atoms with Crippen LogP contribution < -0.4 is 10.2 Å². The van der Waals surface area contributed by atoms with Crippen LogP contribution in [0.15, 0.2) is 24.3 Å². The normalized spacial score (nSPS) is 10.4. The Hall–Kier alpha value is -1.09. The highest BCUT2D eigenvalue weighted by Gasteiger charge is 2.06. The molecule has 0 saturated carbocycles. The molecule has 0 aliphatic carbocycles. The van der Waals surface area contributed by atoms with Gasteiger partial charge in [-0.05, 0) is 42.3 Å².